The predicted molar refractivity (Wildman–Crippen MR) is 64.2 cm³/mol. The number of hydrogen-bond acceptors (Lipinski definition) is 4. The number of methoxy groups -OCH3 is 1. The molecule has 0 aromatic heterocycles. The topological polar surface area (TPSA) is 67.5 Å². The van der Waals surface area contributed by atoms with Crippen molar-refractivity contribution in [2.75, 3.05) is 19.0 Å². The highest BCUT2D eigenvalue weighted by molar-refractivity contribution is 6.32. The Hall–Kier alpha value is -0.970. The van der Waals surface area contributed by atoms with E-state index in [0.717, 1.165) is 17.0 Å². The summed E-state index contributed by atoms with van der Waals surface area (Å²) in [5.41, 5.74) is 7.29. The van der Waals surface area contributed by atoms with E-state index in [4.69, 9.17) is 22.1 Å². The zero-order chi connectivity index (χ0) is 11.7. The van der Waals surface area contributed by atoms with E-state index in [2.05, 4.69) is 5.32 Å². The van der Waals surface area contributed by atoms with Gasteiger partial charge in [0.05, 0.1) is 24.9 Å². The Morgan fingerprint density at radius 3 is 3.06 bits per heavy atom. The quantitative estimate of drug-likeness (QED) is 0.740. The number of anilines is 1. The maximum atomic E-state index is 9.71. The molecule has 1 aromatic rings. The Balaban J connectivity index is 2.32. The molecule has 2 atom stereocenters. The fourth-order valence-electron chi connectivity index (χ4n) is 1.98. The summed E-state index contributed by atoms with van der Waals surface area (Å²) in [6, 6.07) is 3.53. The van der Waals surface area contributed by atoms with Crippen LogP contribution in [-0.4, -0.2) is 30.9 Å². The number of aliphatic hydroxyl groups is 1. The van der Waals surface area contributed by atoms with Crippen LogP contribution in [0.15, 0.2) is 12.1 Å². The lowest BCUT2D eigenvalue weighted by molar-refractivity contribution is 0.162. The molecule has 0 saturated heterocycles. The fourth-order valence-corrected chi connectivity index (χ4v) is 2.22. The van der Waals surface area contributed by atoms with Crippen molar-refractivity contribution in [3.8, 4) is 5.75 Å². The molecule has 0 saturated carbocycles. The Morgan fingerprint density at radius 1 is 1.69 bits per heavy atom. The van der Waals surface area contributed by atoms with Crippen LogP contribution in [0.5, 0.6) is 5.75 Å². The third-order valence-electron chi connectivity index (χ3n) is 2.90. The van der Waals surface area contributed by atoms with Crippen LogP contribution in [0.2, 0.25) is 5.02 Å². The van der Waals surface area contributed by atoms with Gasteiger partial charge in [-0.1, -0.05) is 11.6 Å². The summed E-state index contributed by atoms with van der Waals surface area (Å²) in [6.07, 6.45) is 0.0946. The van der Waals surface area contributed by atoms with Crippen LogP contribution in [0.4, 0.5) is 5.69 Å². The molecule has 4 N–H and O–H groups in total. The van der Waals surface area contributed by atoms with Crippen molar-refractivity contribution in [3.05, 3.63) is 22.7 Å². The summed E-state index contributed by atoms with van der Waals surface area (Å²) in [4.78, 5) is 0. The number of fused-ring (bicyclic) bond motifs is 1. The summed E-state index contributed by atoms with van der Waals surface area (Å²) in [6.45, 7) is 0.228. The Bertz CT molecular complexity index is 398. The number of hydrogen-bond donors (Lipinski definition) is 3. The van der Waals surface area contributed by atoms with E-state index in [-0.39, 0.29) is 12.6 Å². The third kappa shape index (κ3) is 1.84. The van der Waals surface area contributed by atoms with E-state index in [0.29, 0.717) is 11.4 Å². The molecule has 0 amide bonds. The van der Waals surface area contributed by atoms with Crippen molar-refractivity contribution < 1.29 is 9.84 Å². The molecule has 5 heteroatoms. The molecule has 4 nitrogen and oxygen atoms in total. The van der Waals surface area contributed by atoms with Gasteiger partial charge < -0.3 is 20.9 Å². The van der Waals surface area contributed by atoms with Crippen LogP contribution in [0, 0.1) is 0 Å². The molecule has 0 bridgehead atoms. The number of benzene rings is 1. The van der Waals surface area contributed by atoms with Gasteiger partial charge in [-0.25, -0.2) is 0 Å². The van der Waals surface area contributed by atoms with Gasteiger partial charge in [-0.2, -0.15) is 0 Å². The molecule has 16 heavy (non-hydrogen) atoms. The van der Waals surface area contributed by atoms with E-state index in [1.165, 1.54) is 0 Å². The lowest BCUT2D eigenvalue weighted by Gasteiger charge is -2.17. The van der Waals surface area contributed by atoms with Crippen LogP contribution in [0.3, 0.4) is 0 Å². The molecule has 0 spiro atoms. The highest BCUT2D eigenvalue weighted by Crippen LogP contribution is 2.39. The molecule has 1 aliphatic heterocycles. The molecule has 1 aliphatic rings. The summed E-state index contributed by atoms with van der Waals surface area (Å²) in [5.74, 6) is 0.742. The first-order valence-corrected chi connectivity index (χ1v) is 5.55. The number of ether oxygens (including phenoxy) is 1. The maximum Gasteiger partial charge on any atom is 0.142 e. The molecule has 0 aliphatic carbocycles. The first-order chi connectivity index (χ1) is 7.67. The molecular formula is C11H15ClN2O2. The molecule has 1 aromatic carbocycles. The van der Waals surface area contributed by atoms with Crippen LogP contribution in [0.1, 0.15) is 5.56 Å². The van der Waals surface area contributed by atoms with Crippen molar-refractivity contribution >= 4 is 17.3 Å². The van der Waals surface area contributed by atoms with Gasteiger partial charge in [-0.15, -0.1) is 0 Å². The summed E-state index contributed by atoms with van der Waals surface area (Å²) < 4.78 is 5.24. The summed E-state index contributed by atoms with van der Waals surface area (Å²) >= 11 is 6.10. The number of halogens is 1. The minimum absolute atomic E-state index is 0.0891. The van der Waals surface area contributed by atoms with Gasteiger partial charge in [0, 0.05) is 11.6 Å². The molecule has 2 rings (SSSR count). The van der Waals surface area contributed by atoms with Crippen LogP contribution >= 0.6 is 11.6 Å². The van der Waals surface area contributed by atoms with Gasteiger partial charge in [0.25, 0.3) is 0 Å². The van der Waals surface area contributed by atoms with Gasteiger partial charge in [0.1, 0.15) is 5.75 Å². The molecule has 0 radical (unpaired) electrons. The van der Waals surface area contributed by atoms with Gasteiger partial charge >= 0.3 is 0 Å². The zero-order valence-corrected chi connectivity index (χ0v) is 9.79. The van der Waals surface area contributed by atoms with E-state index < -0.39 is 6.10 Å². The van der Waals surface area contributed by atoms with Crippen molar-refractivity contribution in [1.29, 1.82) is 0 Å². The highest BCUT2D eigenvalue weighted by atomic mass is 35.5. The van der Waals surface area contributed by atoms with Crippen LogP contribution in [0.25, 0.3) is 0 Å². The van der Waals surface area contributed by atoms with Crippen LogP contribution < -0.4 is 15.8 Å². The van der Waals surface area contributed by atoms with Crippen molar-refractivity contribution in [2.45, 2.75) is 18.6 Å². The minimum atomic E-state index is -0.576. The van der Waals surface area contributed by atoms with Crippen molar-refractivity contribution in [2.24, 2.45) is 5.73 Å². The van der Waals surface area contributed by atoms with E-state index in [1.807, 2.05) is 6.07 Å². The smallest absolute Gasteiger partial charge is 0.142 e. The second-order valence-electron chi connectivity index (χ2n) is 3.86. The average molecular weight is 243 g/mol. The molecule has 88 valence electrons. The molecule has 0 fully saturated rings. The minimum Gasteiger partial charge on any atom is -0.495 e. The second-order valence-corrected chi connectivity index (χ2v) is 4.27. The first kappa shape index (κ1) is 11.5. The van der Waals surface area contributed by atoms with Gasteiger partial charge in [-0.05, 0) is 24.1 Å². The highest BCUT2D eigenvalue weighted by Gasteiger charge is 2.29. The Labute approximate surface area is 99.4 Å². The van der Waals surface area contributed by atoms with E-state index >= 15 is 0 Å². The van der Waals surface area contributed by atoms with E-state index in [9.17, 15) is 5.11 Å². The maximum absolute atomic E-state index is 9.71. The number of aliphatic hydroxyl groups excluding tert-OH is 1. The van der Waals surface area contributed by atoms with Gasteiger partial charge in [-0.3, -0.25) is 0 Å². The number of rotatable bonds is 3. The van der Waals surface area contributed by atoms with Crippen molar-refractivity contribution in [1.82, 2.24) is 0 Å². The molecular weight excluding hydrogens is 228 g/mol. The largest absolute Gasteiger partial charge is 0.495 e. The standard InChI is InChI=1S/C11H15ClN2O2/c1-16-10-3-2-7(12)6-4-8(9(15)5-13)14-11(6)10/h2-3,8-9,14-15H,4-5,13H2,1H3. The lowest BCUT2D eigenvalue weighted by atomic mass is 10.1. The van der Waals surface area contributed by atoms with Crippen LogP contribution in [-0.2, 0) is 6.42 Å². The average Bonchev–Trinajstić information content (AvgIpc) is 2.74. The first-order valence-electron chi connectivity index (χ1n) is 5.17. The SMILES string of the molecule is COc1ccc(Cl)c2c1NC(C(O)CN)C2. The summed E-state index contributed by atoms with van der Waals surface area (Å²) in [7, 11) is 1.61. The second kappa shape index (κ2) is 4.49. The normalized spacial score (nSPS) is 20.1. The zero-order valence-electron chi connectivity index (χ0n) is 9.03. The van der Waals surface area contributed by atoms with Gasteiger partial charge in [0.15, 0.2) is 0 Å². The molecule has 1 heterocycles. The van der Waals surface area contributed by atoms with Crippen molar-refractivity contribution in [3.63, 3.8) is 0 Å². The number of nitrogens with two attached hydrogens (primary N) is 1. The lowest BCUT2D eigenvalue weighted by Crippen LogP contribution is -2.37. The third-order valence-corrected chi connectivity index (χ3v) is 3.25. The van der Waals surface area contributed by atoms with E-state index in [1.54, 1.807) is 13.2 Å². The predicted octanol–water partition coefficient (Wildman–Crippen LogP) is 1.00. The Kier molecular flexibility index (Phi) is 3.23. The number of nitrogens with one attached hydrogen (secondary N) is 1. The fraction of sp³-hybridized carbons (Fsp3) is 0.455. The Morgan fingerprint density at radius 2 is 2.44 bits per heavy atom. The monoisotopic (exact) mass is 242 g/mol. The molecule has 2 unspecified atom stereocenters. The summed E-state index contributed by atoms with van der Waals surface area (Å²) in [5, 5.41) is 13.6. The van der Waals surface area contributed by atoms with Gasteiger partial charge in [0.2, 0.25) is 0 Å².